The number of fused-ring (bicyclic) bond motifs is 1. The smallest absolute Gasteiger partial charge is 0.158 e. The van der Waals surface area contributed by atoms with Crippen LogP contribution < -0.4 is 10.1 Å². The normalized spacial score (nSPS) is 17.0. The molecule has 6 nitrogen and oxygen atoms in total. The SMILES string of the molecule is CCOc1ccc(-n2c(C)c3c(C)nnc(NCCC4CCCN4C)c3c2C)cc1. The predicted molar refractivity (Wildman–Crippen MR) is 123 cm³/mol. The molecule has 6 heteroatoms. The number of nitrogens with one attached hydrogen (secondary N) is 1. The molecule has 0 saturated carbocycles. The van der Waals surface area contributed by atoms with E-state index < -0.39 is 0 Å². The lowest BCUT2D eigenvalue weighted by atomic mass is 10.1. The molecule has 1 N–H and O–H groups in total. The van der Waals surface area contributed by atoms with E-state index in [1.54, 1.807) is 0 Å². The number of aryl methyl sites for hydroxylation is 3. The van der Waals surface area contributed by atoms with Gasteiger partial charge in [-0.2, -0.15) is 5.10 Å². The van der Waals surface area contributed by atoms with E-state index >= 15 is 0 Å². The molecule has 1 fully saturated rings. The van der Waals surface area contributed by atoms with Crippen molar-refractivity contribution in [3.8, 4) is 11.4 Å². The topological polar surface area (TPSA) is 55.2 Å². The Hall–Kier alpha value is -2.60. The van der Waals surface area contributed by atoms with Crippen molar-refractivity contribution in [1.82, 2.24) is 19.7 Å². The van der Waals surface area contributed by atoms with E-state index in [9.17, 15) is 0 Å². The van der Waals surface area contributed by atoms with Gasteiger partial charge in [0, 0.05) is 40.4 Å². The second-order valence-electron chi connectivity index (χ2n) is 8.31. The van der Waals surface area contributed by atoms with E-state index in [-0.39, 0.29) is 0 Å². The van der Waals surface area contributed by atoms with Gasteiger partial charge in [-0.05, 0) is 84.8 Å². The molecule has 1 aliphatic heterocycles. The molecular formula is C24H33N5O. The fourth-order valence-corrected chi connectivity index (χ4v) is 4.86. The van der Waals surface area contributed by atoms with Crippen LogP contribution in [0.1, 0.15) is 43.3 Å². The van der Waals surface area contributed by atoms with Crippen LogP contribution in [0, 0.1) is 20.8 Å². The first kappa shape index (κ1) is 20.7. The minimum Gasteiger partial charge on any atom is -0.494 e. The minimum absolute atomic E-state index is 0.669. The predicted octanol–water partition coefficient (Wildman–Crippen LogP) is 4.64. The molecule has 0 aliphatic carbocycles. The van der Waals surface area contributed by atoms with Crippen molar-refractivity contribution >= 4 is 16.6 Å². The summed E-state index contributed by atoms with van der Waals surface area (Å²) in [4.78, 5) is 2.47. The van der Waals surface area contributed by atoms with Crippen molar-refractivity contribution in [3.63, 3.8) is 0 Å². The Labute approximate surface area is 179 Å². The van der Waals surface area contributed by atoms with Gasteiger partial charge in [0.1, 0.15) is 5.75 Å². The summed E-state index contributed by atoms with van der Waals surface area (Å²) in [5.41, 5.74) is 4.47. The number of rotatable bonds is 7. The molecule has 0 radical (unpaired) electrons. The molecule has 1 aromatic carbocycles. The summed E-state index contributed by atoms with van der Waals surface area (Å²) < 4.78 is 7.90. The molecule has 3 aromatic rings. The third-order valence-corrected chi connectivity index (χ3v) is 6.39. The first-order chi connectivity index (χ1) is 14.5. The van der Waals surface area contributed by atoms with Crippen LogP contribution in [0.25, 0.3) is 16.5 Å². The number of likely N-dealkylation sites (tertiary alicyclic amines) is 1. The van der Waals surface area contributed by atoms with E-state index in [1.807, 2.05) is 26.0 Å². The fraction of sp³-hybridized carbons (Fsp3) is 0.500. The van der Waals surface area contributed by atoms with Gasteiger partial charge in [0.05, 0.1) is 12.3 Å². The summed E-state index contributed by atoms with van der Waals surface area (Å²) >= 11 is 0. The number of benzene rings is 1. The maximum absolute atomic E-state index is 5.61. The number of anilines is 1. The Bertz CT molecular complexity index is 1020. The summed E-state index contributed by atoms with van der Waals surface area (Å²) in [6, 6.07) is 8.96. The molecule has 1 atom stereocenters. The van der Waals surface area contributed by atoms with Gasteiger partial charge < -0.3 is 19.5 Å². The summed E-state index contributed by atoms with van der Waals surface area (Å²) in [7, 11) is 2.23. The Morgan fingerprint density at radius 1 is 1.07 bits per heavy atom. The maximum atomic E-state index is 5.61. The average Bonchev–Trinajstić information content (AvgIpc) is 3.26. The van der Waals surface area contributed by atoms with E-state index in [1.165, 1.54) is 41.5 Å². The quantitative estimate of drug-likeness (QED) is 0.618. The maximum Gasteiger partial charge on any atom is 0.158 e. The summed E-state index contributed by atoms with van der Waals surface area (Å²) in [5, 5.41) is 14.9. The largest absolute Gasteiger partial charge is 0.494 e. The molecule has 0 amide bonds. The molecule has 4 rings (SSSR count). The van der Waals surface area contributed by atoms with Crippen molar-refractivity contribution < 1.29 is 4.74 Å². The van der Waals surface area contributed by atoms with Gasteiger partial charge in [0.2, 0.25) is 0 Å². The second kappa shape index (κ2) is 8.64. The van der Waals surface area contributed by atoms with Crippen molar-refractivity contribution in [3.05, 3.63) is 41.3 Å². The minimum atomic E-state index is 0.669. The van der Waals surface area contributed by atoms with Gasteiger partial charge in [-0.3, -0.25) is 0 Å². The molecule has 30 heavy (non-hydrogen) atoms. The highest BCUT2D eigenvalue weighted by Gasteiger charge is 2.22. The Morgan fingerprint density at radius 3 is 2.47 bits per heavy atom. The van der Waals surface area contributed by atoms with Crippen molar-refractivity contribution in [2.45, 2.75) is 53.0 Å². The van der Waals surface area contributed by atoms with Gasteiger partial charge in [-0.1, -0.05) is 0 Å². The van der Waals surface area contributed by atoms with E-state index in [0.717, 1.165) is 35.9 Å². The van der Waals surface area contributed by atoms with Gasteiger partial charge in [-0.25, -0.2) is 0 Å². The Balaban J connectivity index is 1.66. The molecule has 1 saturated heterocycles. The lowest BCUT2D eigenvalue weighted by Gasteiger charge is -2.19. The Kier molecular flexibility index (Phi) is 5.95. The van der Waals surface area contributed by atoms with Crippen LogP contribution in [0.5, 0.6) is 5.75 Å². The van der Waals surface area contributed by atoms with Crippen molar-refractivity contribution in [2.24, 2.45) is 0 Å². The molecule has 1 aliphatic rings. The standard InChI is InChI=1S/C24H33N5O/c1-6-30-21-11-9-20(10-12-21)29-17(3)22-16(2)26-27-24(23(22)18(29)4)25-14-13-19-8-7-15-28(19)5/h9-12,19H,6-8,13-15H2,1-5H3,(H,25,27). The highest BCUT2D eigenvalue weighted by Crippen LogP contribution is 2.34. The first-order valence-electron chi connectivity index (χ1n) is 11.0. The number of nitrogens with zero attached hydrogens (tertiary/aromatic N) is 4. The van der Waals surface area contributed by atoms with Gasteiger partial charge in [0.25, 0.3) is 0 Å². The molecule has 0 spiro atoms. The number of hydrogen-bond acceptors (Lipinski definition) is 5. The van der Waals surface area contributed by atoms with Gasteiger partial charge in [-0.15, -0.1) is 5.10 Å². The van der Waals surface area contributed by atoms with Crippen LogP contribution >= 0.6 is 0 Å². The molecule has 3 heterocycles. The third-order valence-electron chi connectivity index (χ3n) is 6.39. The van der Waals surface area contributed by atoms with Crippen LogP contribution in [-0.2, 0) is 0 Å². The lowest BCUT2D eigenvalue weighted by Crippen LogP contribution is -2.27. The average molecular weight is 408 g/mol. The number of ether oxygens (including phenoxy) is 1. The molecule has 1 unspecified atom stereocenters. The Morgan fingerprint density at radius 2 is 1.80 bits per heavy atom. The molecule has 2 aromatic heterocycles. The van der Waals surface area contributed by atoms with E-state index in [0.29, 0.717) is 12.6 Å². The van der Waals surface area contributed by atoms with Gasteiger partial charge in [0.15, 0.2) is 5.82 Å². The number of hydrogen-bond donors (Lipinski definition) is 1. The molecule has 160 valence electrons. The van der Waals surface area contributed by atoms with Crippen LogP contribution in [-0.4, -0.2) is 52.5 Å². The lowest BCUT2D eigenvalue weighted by molar-refractivity contribution is 0.301. The van der Waals surface area contributed by atoms with Gasteiger partial charge >= 0.3 is 0 Å². The zero-order chi connectivity index (χ0) is 21.3. The van der Waals surface area contributed by atoms with E-state index in [4.69, 9.17) is 4.74 Å². The fourth-order valence-electron chi connectivity index (χ4n) is 4.86. The first-order valence-corrected chi connectivity index (χ1v) is 11.0. The highest BCUT2D eigenvalue weighted by atomic mass is 16.5. The monoisotopic (exact) mass is 407 g/mol. The van der Waals surface area contributed by atoms with Crippen LogP contribution in [0.4, 0.5) is 5.82 Å². The zero-order valence-electron chi connectivity index (χ0n) is 18.8. The highest BCUT2D eigenvalue weighted by molar-refractivity contribution is 5.98. The van der Waals surface area contributed by atoms with Crippen LogP contribution in [0.3, 0.4) is 0 Å². The summed E-state index contributed by atoms with van der Waals surface area (Å²) in [5.74, 6) is 1.79. The number of aromatic nitrogens is 3. The molecular weight excluding hydrogens is 374 g/mol. The van der Waals surface area contributed by atoms with E-state index in [2.05, 4.69) is 58.0 Å². The van der Waals surface area contributed by atoms with Crippen molar-refractivity contribution in [1.29, 1.82) is 0 Å². The van der Waals surface area contributed by atoms with Crippen molar-refractivity contribution in [2.75, 3.05) is 32.1 Å². The van der Waals surface area contributed by atoms with Crippen LogP contribution in [0.2, 0.25) is 0 Å². The second-order valence-corrected chi connectivity index (χ2v) is 8.31. The third kappa shape index (κ3) is 3.76. The molecule has 0 bridgehead atoms. The van der Waals surface area contributed by atoms with Crippen LogP contribution in [0.15, 0.2) is 24.3 Å². The summed E-state index contributed by atoms with van der Waals surface area (Å²) in [6.45, 7) is 11.2. The zero-order valence-corrected chi connectivity index (χ0v) is 18.8. The summed E-state index contributed by atoms with van der Waals surface area (Å²) in [6.07, 6.45) is 3.73.